The average Bonchev–Trinajstić information content (AvgIpc) is 2.50. The summed E-state index contributed by atoms with van der Waals surface area (Å²) in [6.45, 7) is 0.411. The third-order valence-corrected chi connectivity index (χ3v) is 3.34. The van der Waals surface area contributed by atoms with Gasteiger partial charge in [-0.05, 0) is 35.4 Å². The van der Waals surface area contributed by atoms with Gasteiger partial charge in [0.25, 0.3) is 0 Å². The predicted molar refractivity (Wildman–Crippen MR) is 85.9 cm³/mol. The van der Waals surface area contributed by atoms with Crippen LogP contribution in [0.15, 0.2) is 42.7 Å². The lowest BCUT2D eigenvalue weighted by molar-refractivity contribution is 0.173. The van der Waals surface area contributed by atoms with Crippen LogP contribution in [-0.2, 0) is 6.54 Å². The Morgan fingerprint density at radius 1 is 1.23 bits per heavy atom. The van der Waals surface area contributed by atoms with Crippen molar-refractivity contribution in [1.29, 1.82) is 0 Å². The minimum Gasteiger partial charge on any atom is -0.387 e. The molecule has 5 nitrogen and oxygen atoms in total. The monoisotopic (exact) mass is 339 g/mol. The predicted octanol–water partition coefficient (Wildman–Crippen LogP) is 2.92. The van der Waals surface area contributed by atoms with Gasteiger partial charge in [0.15, 0.2) is 0 Å². The molecule has 0 spiro atoms. The van der Waals surface area contributed by atoms with Crippen molar-refractivity contribution in [3.8, 4) is 0 Å². The summed E-state index contributed by atoms with van der Waals surface area (Å²) in [4.78, 5) is 15.6. The Kier molecular flexibility index (Phi) is 6.00. The molecule has 0 aliphatic heterocycles. The van der Waals surface area contributed by atoms with Crippen molar-refractivity contribution in [2.45, 2.75) is 12.6 Å². The minimum atomic E-state index is -0.889. The van der Waals surface area contributed by atoms with Gasteiger partial charge in [0.05, 0.1) is 6.10 Å². The van der Waals surface area contributed by atoms with Crippen molar-refractivity contribution in [3.63, 3.8) is 0 Å². The van der Waals surface area contributed by atoms with Crippen LogP contribution in [0.1, 0.15) is 17.2 Å². The second-order valence-corrected chi connectivity index (χ2v) is 5.52. The quantitative estimate of drug-likeness (QED) is 0.783. The van der Waals surface area contributed by atoms with Gasteiger partial charge in [0.1, 0.15) is 0 Å². The summed E-state index contributed by atoms with van der Waals surface area (Å²) in [5.74, 6) is 0. The Labute approximate surface area is 138 Å². The zero-order chi connectivity index (χ0) is 15.9. The van der Waals surface area contributed by atoms with Crippen LogP contribution < -0.4 is 10.6 Å². The summed E-state index contributed by atoms with van der Waals surface area (Å²) >= 11 is 11.7. The van der Waals surface area contributed by atoms with Crippen molar-refractivity contribution in [1.82, 2.24) is 15.6 Å². The highest BCUT2D eigenvalue weighted by atomic mass is 35.5. The molecule has 0 aliphatic carbocycles. The number of urea groups is 1. The number of aromatic nitrogens is 1. The summed E-state index contributed by atoms with van der Waals surface area (Å²) in [6.07, 6.45) is 2.44. The smallest absolute Gasteiger partial charge is 0.315 e. The molecule has 22 heavy (non-hydrogen) atoms. The maximum Gasteiger partial charge on any atom is 0.315 e. The molecule has 0 fully saturated rings. The summed E-state index contributed by atoms with van der Waals surface area (Å²) in [5.41, 5.74) is 1.44. The van der Waals surface area contributed by atoms with Crippen LogP contribution in [0.4, 0.5) is 4.79 Å². The number of nitrogens with zero attached hydrogens (tertiary/aromatic N) is 1. The zero-order valence-corrected chi connectivity index (χ0v) is 13.1. The molecule has 1 atom stereocenters. The first-order valence-electron chi connectivity index (χ1n) is 6.59. The van der Waals surface area contributed by atoms with Gasteiger partial charge in [0, 0.05) is 35.5 Å². The summed E-state index contributed by atoms with van der Waals surface area (Å²) in [7, 11) is 0. The van der Waals surface area contributed by atoms with Crippen LogP contribution in [0.25, 0.3) is 0 Å². The normalized spacial score (nSPS) is 11.8. The van der Waals surface area contributed by atoms with Gasteiger partial charge in [-0.1, -0.05) is 29.3 Å². The molecule has 3 N–H and O–H groups in total. The molecule has 1 aromatic heterocycles. The van der Waals surface area contributed by atoms with Crippen molar-refractivity contribution in [3.05, 3.63) is 63.9 Å². The summed E-state index contributed by atoms with van der Waals surface area (Å²) < 4.78 is 0. The SMILES string of the molecule is O=C(NCc1cccnc1)NC[C@H](O)c1cc(Cl)cc(Cl)c1. The van der Waals surface area contributed by atoms with E-state index in [4.69, 9.17) is 23.2 Å². The number of halogens is 2. The van der Waals surface area contributed by atoms with Crippen molar-refractivity contribution < 1.29 is 9.90 Å². The maximum absolute atomic E-state index is 11.7. The molecule has 0 bridgehead atoms. The van der Waals surface area contributed by atoms with E-state index >= 15 is 0 Å². The number of amides is 2. The van der Waals surface area contributed by atoms with Gasteiger partial charge >= 0.3 is 6.03 Å². The van der Waals surface area contributed by atoms with Crippen LogP contribution in [0.3, 0.4) is 0 Å². The fourth-order valence-electron chi connectivity index (χ4n) is 1.82. The number of hydrogen-bond donors (Lipinski definition) is 3. The molecule has 2 aromatic rings. The molecular weight excluding hydrogens is 325 g/mol. The minimum absolute atomic E-state index is 0.0511. The first kappa shape index (κ1) is 16.5. The topological polar surface area (TPSA) is 74.2 Å². The Morgan fingerprint density at radius 2 is 1.95 bits per heavy atom. The number of benzene rings is 1. The fourth-order valence-corrected chi connectivity index (χ4v) is 2.37. The standard InChI is InChI=1S/C15H15Cl2N3O2/c16-12-4-11(5-13(17)6-12)14(21)9-20-15(22)19-8-10-2-1-3-18-7-10/h1-7,14,21H,8-9H2,(H2,19,20,22)/t14-/m0/s1. The number of aliphatic hydroxyl groups is 1. The Hall–Kier alpha value is -1.82. The third kappa shape index (κ3) is 5.18. The number of nitrogens with one attached hydrogen (secondary N) is 2. The van der Waals surface area contributed by atoms with E-state index in [1.54, 1.807) is 36.7 Å². The lowest BCUT2D eigenvalue weighted by Crippen LogP contribution is -2.37. The fraction of sp³-hybridized carbons (Fsp3) is 0.200. The maximum atomic E-state index is 11.7. The van der Waals surface area contributed by atoms with Gasteiger partial charge in [-0.15, -0.1) is 0 Å². The highest BCUT2D eigenvalue weighted by molar-refractivity contribution is 6.34. The molecule has 7 heteroatoms. The van der Waals surface area contributed by atoms with Crippen LogP contribution in [0.2, 0.25) is 10.0 Å². The Balaban J connectivity index is 1.80. The van der Waals surface area contributed by atoms with E-state index in [1.807, 2.05) is 6.07 Å². The van der Waals surface area contributed by atoms with Crippen LogP contribution in [-0.4, -0.2) is 22.7 Å². The molecule has 0 saturated heterocycles. The lowest BCUT2D eigenvalue weighted by Gasteiger charge is -2.13. The van der Waals surface area contributed by atoms with Gasteiger partial charge in [-0.2, -0.15) is 0 Å². The van der Waals surface area contributed by atoms with Crippen molar-refractivity contribution >= 4 is 29.2 Å². The number of carbonyl (C=O) groups is 1. The van der Waals surface area contributed by atoms with Crippen LogP contribution in [0, 0.1) is 0 Å². The summed E-state index contributed by atoms with van der Waals surface area (Å²) in [5, 5.41) is 16.2. The summed E-state index contributed by atoms with van der Waals surface area (Å²) in [6, 6.07) is 8.06. The van der Waals surface area contributed by atoms with E-state index in [0.29, 0.717) is 22.2 Å². The second-order valence-electron chi connectivity index (χ2n) is 4.64. The number of hydrogen-bond acceptors (Lipinski definition) is 3. The number of carbonyl (C=O) groups excluding carboxylic acids is 1. The van der Waals surface area contributed by atoms with E-state index in [0.717, 1.165) is 5.56 Å². The van der Waals surface area contributed by atoms with Crippen molar-refractivity contribution in [2.75, 3.05) is 6.54 Å². The highest BCUT2D eigenvalue weighted by Gasteiger charge is 2.11. The van der Waals surface area contributed by atoms with Gasteiger partial charge in [-0.3, -0.25) is 4.98 Å². The second kappa shape index (κ2) is 7.98. The molecule has 0 saturated carbocycles. The van der Waals surface area contributed by atoms with Gasteiger partial charge < -0.3 is 15.7 Å². The van der Waals surface area contributed by atoms with E-state index < -0.39 is 6.10 Å². The lowest BCUT2D eigenvalue weighted by atomic mass is 10.1. The van der Waals surface area contributed by atoms with Gasteiger partial charge in [-0.25, -0.2) is 4.79 Å². The van der Waals surface area contributed by atoms with Gasteiger partial charge in [0.2, 0.25) is 0 Å². The molecule has 0 aliphatic rings. The molecule has 0 radical (unpaired) electrons. The zero-order valence-electron chi connectivity index (χ0n) is 11.6. The average molecular weight is 340 g/mol. The van der Waals surface area contributed by atoms with Crippen molar-refractivity contribution in [2.24, 2.45) is 0 Å². The number of pyridine rings is 1. The number of rotatable bonds is 5. The first-order valence-corrected chi connectivity index (χ1v) is 7.35. The molecule has 116 valence electrons. The molecule has 1 aromatic carbocycles. The molecular formula is C15H15Cl2N3O2. The highest BCUT2D eigenvalue weighted by Crippen LogP contribution is 2.23. The van der Waals surface area contributed by atoms with E-state index in [2.05, 4.69) is 15.6 Å². The molecule has 2 amide bonds. The third-order valence-electron chi connectivity index (χ3n) is 2.90. The first-order chi connectivity index (χ1) is 10.5. The Bertz CT molecular complexity index is 618. The van der Waals surface area contributed by atoms with Crippen LogP contribution in [0.5, 0.6) is 0 Å². The molecule has 2 rings (SSSR count). The van der Waals surface area contributed by atoms with E-state index in [-0.39, 0.29) is 12.6 Å². The van der Waals surface area contributed by atoms with Crippen LogP contribution >= 0.6 is 23.2 Å². The molecule has 1 heterocycles. The van der Waals surface area contributed by atoms with E-state index in [9.17, 15) is 9.90 Å². The largest absolute Gasteiger partial charge is 0.387 e. The number of aliphatic hydroxyl groups excluding tert-OH is 1. The molecule has 0 unspecified atom stereocenters. The van der Waals surface area contributed by atoms with E-state index in [1.165, 1.54) is 0 Å². The Morgan fingerprint density at radius 3 is 2.59 bits per heavy atom.